The van der Waals surface area contributed by atoms with Crippen LogP contribution < -0.4 is 0 Å². The fourth-order valence-electron chi connectivity index (χ4n) is 1.13. The van der Waals surface area contributed by atoms with E-state index in [1.165, 1.54) is 24.7 Å². The number of rotatable bonds is 3. The van der Waals surface area contributed by atoms with Gasteiger partial charge in [-0.25, -0.2) is 0 Å². The lowest BCUT2D eigenvalue weighted by Crippen LogP contribution is -2.10. The summed E-state index contributed by atoms with van der Waals surface area (Å²) in [6.45, 7) is 0. The summed E-state index contributed by atoms with van der Waals surface area (Å²) in [5.74, 6) is -0.176. The Labute approximate surface area is 79.8 Å². The molecule has 0 unspecified atom stereocenters. The smallest absolute Gasteiger partial charge is 0.234 e. The summed E-state index contributed by atoms with van der Waals surface area (Å²) >= 11 is 0. The van der Waals surface area contributed by atoms with Crippen LogP contribution in [-0.2, 0) is 0 Å². The second kappa shape index (κ2) is 3.51. The summed E-state index contributed by atoms with van der Waals surface area (Å²) in [7, 11) is 0. The van der Waals surface area contributed by atoms with Crippen molar-refractivity contribution in [1.29, 1.82) is 0 Å². The first-order valence-corrected chi connectivity index (χ1v) is 4.08. The van der Waals surface area contributed by atoms with Gasteiger partial charge in [-0.2, -0.15) is 0 Å². The van der Waals surface area contributed by atoms with E-state index in [2.05, 4.69) is 0 Å². The lowest BCUT2D eigenvalue weighted by atomic mass is 10.1. The number of carbonyl (C=O) groups is 1. The van der Waals surface area contributed by atoms with Gasteiger partial charge in [0.1, 0.15) is 5.76 Å². The van der Waals surface area contributed by atoms with Gasteiger partial charge in [0.15, 0.2) is 11.9 Å². The summed E-state index contributed by atoms with van der Waals surface area (Å²) < 4.78 is 9.77. The second-order valence-corrected chi connectivity index (χ2v) is 2.76. The van der Waals surface area contributed by atoms with Gasteiger partial charge in [-0.1, -0.05) is 0 Å². The molecule has 4 heteroatoms. The first kappa shape index (κ1) is 8.77. The number of carbonyl (C=O) groups excluding carboxylic acids is 1. The average Bonchev–Trinajstić information content (AvgIpc) is 2.87. The van der Waals surface area contributed by atoms with Crippen molar-refractivity contribution in [3.63, 3.8) is 0 Å². The molecule has 0 aromatic carbocycles. The topological polar surface area (TPSA) is 63.6 Å². The Balaban J connectivity index is 2.21. The Kier molecular flexibility index (Phi) is 2.20. The molecular formula is C10H8O4. The van der Waals surface area contributed by atoms with E-state index < -0.39 is 11.9 Å². The third-order valence-electron chi connectivity index (χ3n) is 1.83. The maximum Gasteiger partial charge on any atom is 0.234 e. The molecule has 2 heterocycles. The number of aliphatic hydroxyl groups is 1. The number of aliphatic hydroxyl groups excluding tert-OH is 1. The van der Waals surface area contributed by atoms with Crippen molar-refractivity contribution in [1.82, 2.24) is 0 Å². The third kappa shape index (κ3) is 1.47. The van der Waals surface area contributed by atoms with Crippen molar-refractivity contribution in [2.75, 3.05) is 0 Å². The van der Waals surface area contributed by atoms with Crippen LogP contribution >= 0.6 is 0 Å². The number of furan rings is 2. The molecule has 1 N–H and O–H groups in total. The van der Waals surface area contributed by atoms with Crippen molar-refractivity contribution < 1.29 is 18.7 Å². The van der Waals surface area contributed by atoms with E-state index in [9.17, 15) is 9.90 Å². The lowest BCUT2D eigenvalue weighted by molar-refractivity contribution is 0.0673. The minimum Gasteiger partial charge on any atom is -0.466 e. The molecule has 0 amide bonds. The van der Waals surface area contributed by atoms with Crippen molar-refractivity contribution in [2.24, 2.45) is 0 Å². The summed E-state index contributed by atoms with van der Waals surface area (Å²) in [5.41, 5.74) is 0. The van der Waals surface area contributed by atoms with Gasteiger partial charge in [-0.05, 0) is 24.3 Å². The molecule has 2 rings (SSSR count). The summed E-state index contributed by atoms with van der Waals surface area (Å²) in [4.78, 5) is 11.5. The van der Waals surface area contributed by atoms with E-state index in [4.69, 9.17) is 8.83 Å². The largest absolute Gasteiger partial charge is 0.466 e. The number of ketones is 1. The molecule has 0 aliphatic heterocycles. The van der Waals surface area contributed by atoms with E-state index in [0.717, 1.165) is 0 Å². The van der Waals surface area contributed by atoms with Crippen molar-refractivity contribution in [2.45, 2.75) is 6.10 Å². The zero-order chi connectivity index (χ0) is 9.97. The monoisotopic (exact) mass is 192 g/mol. The number of hydrogen-bond acceptors (Lipinski definition) is 4. The Hall–Kier alpha value is -1.81. The summed E-state index contributed by atoms with van der Waals surface area (Å²) in [6, 6.07) is 6.22. The predicted molar refractivity (Wildman–Crippen MR) is 46.7 cm³/mol. The molecule has 0 radical (unpaired) electrons. The molecule has 0 saturated heterocycles. The van der Waals surface area contributed by atoms with E-state index in [0.29, 0.717) is 0 Å². The zero-order valence-corrected chi connectivity index (χ0v) is 7.21. The molecule has 0 bridgehead atoms. The van der Waals surface area contributed by atoms with E-state index in [1.54, 1.807) is 12.1 Å². The average molecular weight is 192 g/mol. The molecule has 0 fully saturated rings. The quantitative estimate of drug-likeness (QED) is 0.753. The van der Waals surface area contributed by atoms with Gasteiger partial charge in [0.05, 0.1) is 12.5 Å². The van der Waals surface area contributed by atoms with Crippen molar-refractivity contribution in [3.05, 3.63) is 48.3 Å². The normalized spacial score (nSPS) is 12.6. The molecule has 4 nitrogen and oxygen atoms in total. The van der Waals surface area contributed by atoms with Crippen LogP contribution in [0.15, 0.2) is 45.6 Å². The van der Waals surface area contributed by atoms with Gasteiger partial charge < -0.3 is 13.9 Å². The van der Waals surface area contributed by atoms with Crippen LogP contribution in [0.1, 0.15) is 22.4 Å². The fraction of sp³-hybridized carbons (Fsp3) is 0.100. The Morgan fingerprint density at radius 1 is 1.21 bits per heavy atom. The Morgan fingerprint density at radius 2 is 1.93 bits per heavy atom. The highest BCUT2D eigenvalue weighted by Crippen LogP contribution is 2.18. The molecule has 0 aliphatic carbocycles. The highest BCUT2D eigenvalue weighted by molar-refractivity contribution is 5.97. The molecule has 0 saturated carbocycles. The molecule has 2 aromatic rings. The molecule has 72 valence electrons. The predicted octanol–water partition coefficient (Wildman–Crippen LogP) is 1.79. The van der Waals surface area contributed by atoms with Crippen LogP contribution in [0.5, 0.6) is 0 Å². The summed E-state index contributed by atoms with van der Waals surface area (Å²) in [5, 5.41) is 9.55. The Morgan fingerprint density at radius 3 is 2.50 bits per heavy atom. The van der Waals surface area contributed by atoms with Gasteiger partial charge in [0, 0.05) is 0 Å². The maximum atomic E-state index is 11.5. The Bertz CT molecular complexity index is 399. The van der Waals surface area contributed by atoms with E-state index >= 15 is 0 Å². The number of Topliss-reactive ketones (excluding diaryl/α,β-unsaturated/α-hetero) is 1. The first-order chi connectivity index (χ1) is 6.79. The SMILES string of the molecule is O=C(c1ccco1)[C@@H](O)c1ccco1. The van der Waals surface area contributed by atoms with Gasteiger partial charge in [0.25, 0.3) is 0 Å². The first-order valence-electron chi connectivity index (χ1n) is 4.08. The van der Waals surface area contributed by atoms with Crippen LogP contribution in [0.25, 0.3) is 0 Å². The molecule has 2 aromatic heterocycles. The zero-order valence-electron chi connectivity index (χ0n) is 7.21. The van der Waals surface area contributed by atoms with Crippen LogP contribution in [0, 0.1) is 0 Å². The van der Waals surface area contributed by atoms with Crippen LogP contribution in [0.3, 0.4) is 0 Å². The fourth-order valence-corrected chi connectivity index (χ4v) is 1.13. The van der Waals surface area contributed by atoms with Crippen LogP contribution in [0.4, 0.5) is 0 Å². The highest BCUT2D eigenvalue weighted by Gasteiger charge is 2.23. The van der Waals surface area contributed by atoms with Gasteiger partial charge in [0.2, 0.25) is 5.78 Å². The molecule has 1 atom stereocenters. The van der Waals surface area contributed by atoms with Crippen molar-refractivity contribution >= 4 is 5.78 Å². The van der Waals surface area contributed by atoms with Gasteiger partial charge in [-0.15, -0.1) is 0 Å². The minimum atomic E-state index is -1.30. The standard InChI is InChI=1S/C10H8O4/c11-9(7-3-1-5-13-7)10(12)8-4-2-6-14-8/h1-6,9,11H/t9-/m0/s1. The second-order valence-electron chi connectivity index (χ2n) is 2.76. The molecule has 0 aliphatic rings. The lowest BCUT2D eigenvalue weighted by Gasteiger charge is -2.03. The number of hydrogen-bond donors (Lipinski definition) is 1. The summed E-state index contributed by atoms with van der Waals surface area (Å²) in [6.07, 6.45) is 1.48. The van der Waals surface area contributed by atoms with Gasteiger partial charge >= 0.3 is 0 Å². The highest BCUT2D eigenvalue weighted by atomic mass is 16.4. The van der Waals surface area contributed by atoms with Crippen LogP contribution in [-0.4, -0.2) is 10.9 Å². The van der Waals surface area contributed by atoms with E-state index in [1.807, 2.05) is 0 Å². The molecule has 14 heavy (non-hydrogen) atoms. The third-order valence-corrected chi connectivity index (χ3v) is 1.83. The maximum absolute atomic E-state index is 11.5. The molecular weight excluding hydrogens is 184 g/mol. The van der Waals surface area contributed by atoms with Crippen LogP contribution in [0.2, 0.25) is 0 Å². The van der Waals surface area contributed by atoms with E-state index in [-0.39, 0.29) is 11.5 Å². The van der Waals surface area contributed by atoms with Crippen molar-refractivity contribution in [3.8, 4) is 0 Å². The minimum absolute atomic E-state index is 0.119. The van der Waals surface area contributed by atoms with Gasteiger partial charge in [-0.3, -0.25) is 4.79 Å². The molecule has 0 spiro atoms.